The van der Waals surface area contributed by atoms with Crippen molar-refractivity contribution in [2.24, 2.45) is 5.92 Å². The lowest BCUT2D eigenvalue weighted by Gasteiger charge is -2.29. The molecule has 3 nitrogen and oxygen atoms in total. The molecule has 0 bridgehead atoms. The molecule has 2 amide bonds. The Bertz CT molecular complexity index is 436. The van der Waals surface area contributed by atoms with Gasteiger partial charge in [-0.1, -0.05) is 31.9 Å². The van der Waals surface area contributed by atoms with Crippen molar-refractivity contribution in [3.63, 3.8) is 0 Å². The minimum Gasteiger partial charge on any atom is -0.335 e. The molecule has 2 unspecified atom stereocenters. The summed E-state index contributed by atoms with van der Waals surface area (Å²) in [7, 11) is 0. The van der Waals surface area contributed by atoms with Gasteiger partial charge in [0.25, 0.3) is 0 Å². The zero-order valence-corrected chi connectivity index (χ0v) is 11.3. The van der Waals surface area contributed by atoms with E-state index in [0.717, 1.165) is 12.0 Å². The van der Waals surface area contributed by atoms with Crippen molar-refractivity contribution >= 4 is 6.03 Å². The van der Waals surface area contributed by atoms with Crippen molar-refractivity contribution in [1.29, 1.82) is 0 Å². The van der Waals surface area contributed by atoms with Gasteiger partial charge in [-0.15, -0.1) is 0 Å². The molecule has 0 spiro atoms. The highest BCUT2D eigenvalue weighted by molar-refractivity contribution is 5.74. The van der Waals surface area contributed by atoms with E-state index in [1.165, 1.54) is 31.4 Å². The number of carbonyl (C=O) groups excluding carboxylic acids is 1. The van der Waals surface area contributed by atoms with Crippen LogP contribution in [-0.4, -0.2) is 12.1 Å². The van der Waals surface area contributed by atoms with E-state index in [0.29, 0.717) is 12.5 Å². The Labute approximate surface area is 113 Å². The van der Waals surface area contributed by atoms with Crippen molar-refractivity contribution in [3.05, 3.63) is 35.6 Å². The van der Waals surface area contributed by atoms with Crippen LogP contribution < -0.4 is 10.6 Å². The fourth-order valence-electron chi connectivity index (χ4n) is 2.58. The number of carbonyl (C=O) groups is 1. The average molecular weight is 264 g/mol. The molecule has 2 N–H and O–H groups in total. The van der Waals surface area contributed by atoms with Crippen LogP contribution in [0.1, 0.15) is 38.2 Å². The lowest BCUT2D eigenvalue weighted by atomic mass is 9.86. The van der Waals surface area contributed by atoms with Gasteiger partial charge >= 0.3 is 6.03 Å². The number of benzene rings is 1. The van der Waals surface area contributed by atoms with Crippen molar-refractivity contribution in [2.45, 2.75) is 45.2 Å². The number of nitrogens with one attached hydrogen (secondary N) is 2. The maximum absolute atomic E-state index is 13.0. The van der Waals surface area contributed by atoms with E-state index >= 15 is 0 Å². The number of hydrogen-bond acceptors (Lipinski definition) is 1. The molecule has 0 radical (unpaired) electrons. The Morgan fingerprint density at radius 1 is 1.37 bits per heavy atom. The van der Waals surface area contributed by atoms with Crippen LogP contribution in [0.3, 0.4) is 0 Å². The first-order chi connectivity index (χ1) is 9.15. The summed E-state index contributed by atoms with van der Waals surface area (Å²) < 4.78 is 13.0. The first kappa shape index (κ1) is 13.8. The third kappa shape index (κ3) is 4.23. The van der Waals surface area contributed by atoms with E-state index in [9.17, 15) is 9.18 Å². The van der Waals surface area contributed by atoms with Crippen LogP contribution in [0.25, 0.3) is 0 Å². The molecule has 0 heterocycles. The molecule has 0 aromatic heterocycles. The average Bonchev–Trinajstić information content (AvgIpc) is 2.39. The Hall–Kier alpha value is -1.58. The summed E-state index contributed by atoms with van der Waals surface area (Å²) in [6.07, 6.45) is 4.66. The second-order valence-corrected chi connectivity index (χ2v) is 5.33. The molecule has 19 heavy (non-hydrogen) atoms. The fraction of sp³-hybridized carbons (Fsp3) is 0.533. The third-order valence-corrected chi connectivity index (χ3v) is 3.77. The van der Waals surface area contributed by atoms with Gasteiger partial charge in [-0.25, -0.2) is 9.18 Å². The maximum Gasteiger partial charge on any atom is 0.315 e. The summed E-state index contributed by atoms with van der Waals surface area (Å²) >= 11 is 0. The number of rotatable bonds is 3. The Kier molecular flexibility index (Phi) is 4.77. The van der Waals surface area contributed by atoms with Crippen LogP contribution in [0, 0.1) is 11.7 Å². The molecule has 1 aliphatic carbocycles. The molecule has 104 valence electrons. The minimum absolute atomic E-state index is 0.164. The van der Waals surface area contributed by atoms with Gasteiger partial charge in [0.2, 0.25) is 0 Å². The predicted octanol–water partition coefficient (Wildman–Crippen LogP) is 3.20. The van der Waals surface area contributed by atoms with Gasteiger partial charge in [0.1, 0.15) is 5.82 Å². The fourth-order valence-corrected chi connectivity index (χ4v) is 2.58. The monoisotopic (exact) mass is 264 g/mol. The Balaban J connectivity index is 1.78. The van der Waals surface area contributed by atoms with Crippen LogP contribution >= 0.6 is 0 Å². The van der Waals surface area contributed by atoms with Crippen LogP contribution in [0.5, 0.6) is 0 Å². The van der Waals surface area contributed by atoms with Crippen molar-refractivity contribution in [1.82, 2.24) is 10.6 Å². The van der Waals surface area contributed by atoms with Crippen molar-refractivity contribution < 1.29 is 9.18 Å². The molecular weight excluding hydrogens is 243 g/mol. The molecule has 0 aliphatic heterocycles. The van der Waals surface area contributed by atoms with Crippen molar-refractivity contribution in [2.75, 3.05) is 0 Å². The summed E-state index contributed by atoms with van der Waals surface area (Å²) in [6, 6.07) is 6.38. The lowest BCUT2D eigenvalue weighted by molar-refractivity contribution is 0.221. The summed E-state index contributed by atoms with van der Waals surface area (Å²) in [5.41, 5.74) is 0.770. The number of hydrogen-bond donors (Lipinski definition) is 2. The van der Waals surface area contributed by atoms with Gasteiger partial charge in [-0.05, 0) is 36.5 Å². The van der Waals surface area contributed by atoms with Crippen molar-refractivity contribution in [3.8, 4) is 0 Å². The molecule has 4 heteroatoms. The highest BCUT2D eigenvalue weighted by Crippen LogP contribution is 2.23. The summed E-state index contributed by atoms with van der Waals surface area (Å²) in [5, 5.41) is 5.79. The quantitative estimate of drug-likeness (QED) is 0.864. The number of amides is 2. The Morgan fingerprint density at radius 2 is 2.16 bits per heavy atom. The first-order valence-electron chi connectivity index (χ1n) is 6.94. The summed E-state index contributed by atoms with van der Waals surface area (Å²) in [5.74, 6) is 0.259. The summed E-state index contributed by atoms with van der Waals surface area (Å²) in [6.45, 7) is 2.53. The van der Waals surface area contributed by atoms with E-state index in [-0.39, 0.29) is 17.9 Å². The van der Waals surface area contributed by atoms with E-state index < -0.39 is 0 Å². The van der Waals surface area contributed by atoms with Gasteiger partial charge in [-0.2, -0.15) is 0 Å². The van der Waals surface area contributed by atoms with Gasteiger partial charge in [0.05, 0.1) is 0 Å². The molecule has 2 rings (SSSR count). The third-order valence-electron chi connectivity index (χ3n) is 3.77. The largest absolute Gasteiger partial charge is 0.335 e. The van der Waals surface area contributed by atoms with E-state index in [4.69, 9.17) is 0 Å². The van der Waals surface area contributed by atoms with E-state index in [1.807, 2.05) is 0 Å². The number of urea groups is 1. The zero-order valence-electron chi connectivity index (χ0n) is 11.3. The highest BCUT2D eigenvalue weighted by Gasteiger charge is 2.22. The minimum atomic E-state index is -0.277. The molecule has 1 aromatic rings. The highest BCUT2D eigenvalue weighted by atomic mass is 19.1. The van der Waals surface area contributed by atoms with Crippen LogP contribution in [-0.2, 0) is 6.54 Å². The standard InChI is InChI=1S/C15H21FN2O/c1-11-5-2-3-8-14(11)18-15(19)17-10-12-6-4-7-13(16)9-12/h4,6-7,9,11,14H,2-3,5,8,10H2,1H3,(H2,17,18,19). The molecule has 1 aliphatic rings. The van der Waals surface area contributed by atoms with Crippen LogP contribution in [0.4, 0.5) is 9.18 Å². The smallest absolute Gasteiger partial charge is 0.315 e. The predicted molar refractivity (Wildman–Crippen MR) is 73.2 cm³/mol. The molecule has 1 fully saturated rings. The molecular formula is C15H21FN2O. The molecule has 0 saturated heterocycles. The normalized spacial score (nSPS) is 22.8. The molecule has 1 saturated carbocycles. The van der Waals surface area contributed by atoms with Gasteiger partial charge < -0.3 is 10.6 Å². The first-order valence-corrected chi connectivity index (χ1v) is 6.94. The van der Waals surface area contributed by atoms with Crippen LogP contribution in [0.15, 0.2) is 24.3 Å². The SMILES string of the molecule is CC1CCCCC1NC(=O)NCc1cccc(F)c1. The lowest BCUT2D eigenvalue weighted by Crippen LogP contribution is -2.45. The van der Waals surface area contributed by atoms with Crippen LogP contribution in [0.2, 0.25) is 0 Å². The zero-order chi connectivity index (χ0) is 13.7. The Morgan fingerprint density at radius 3 is 2.89 bits per heavy atom. The van der Waals surface area contributed by atoms with E-state index in [1.54, 1.807) is 12.1 Å². The topological polar surface area (TPSA) is 41.1 Å². The van der Waals surface area contributed by atoms with Gasteiger partial charge in [0, 0.05) is 12.6 Å². The van der Waals surface area contributed by atoms with Gasteiger partial charge in [-0.3, -0.25) is 0 Å². The number of halogens is 1. The van der Waals surface area contributed by atoms with E-state index in [2.05, 4.69) is 17.6 Å². The van der Waals surface area contributed by atoms with Gasteiger partial charge in [0.15, 0.2) is 0 Å². The molecule has 1 aromatic carbocycles. The second-order valence-electron chi connectivity index (χ2n) is 5.33. The summed E-state index contributed by atoms with van der Waals surface area (Å²) in [4.78, 5) is 11.8. The molecule has 2 atom stereocenters. The second kappa shape index (κ2) is 6.55. The maximum atomic E-state index is 13.0.